The van der Waals surface area contributed by atoms with Crippen LogP contribution in [0.25, 0.3) is 0 Å². The van der Waals surface area contributed by atoms with Crippen molar-refractivity contribution in [1.29, 1.82) is 0 Å². The Bertz CT molecular complexity index is 286. The normalized spacial score (nSPS) is 25.1. The standard InChI is InChI=1S/C15H30N2O2/c1-6-11(2)10-16-12-7-8-13(9-12)17-14(18)19-15(3,4)5/h11-13,16H,6-10H2,1-5H3,(H,17,18). The molecule has 0 saturated heterocycles. The molecule has 0 aromatic rings. The number of ether oxygens (including phenoxy) is 1. The Balaban J connectivity index is 2.23. The summed E-state index contributed by atoms with van der Waals surface area (Å²) < 4.78 is 5.28. The predicted octanol–water partition coefficient (Wildman–Crippen LogP) is 3.07. The van der Waals surface area contributed by atoms with Crippen molar-refractivity contribution in [3.63, 3.8) is 0 Å². The fourth-order valence-corrected chi connectivity index (χ4v) is 2.28. The van der Waals surface area contributed by atoms with Crippen LogP contribution in [0.3, 0.4) is 0 Å². The van der Waals surface area contributed by atoms with Crippen LogP contribution < -0.4 is 10.6 Å². The van der Waals surface area contributed by atoms with Crippen LogP contribution in [0.2, 0.25) is 0 Å². The van der Waals surface area contributed by atoms with Gasteiger partial charge in [-0.05, 0) is 52.5 Å². The monoisotopic (exact) mass is 270 g/mol. The van der Waals surface area contributed by atoms with Crippen LogP contribution in [0.5, 0.6) is 0 Å². The topological polar surface area (TPSA) is 50.4 Å². The minimum Gasteiger partial charge on any atom is -0.444 e. The lowest BCUT2D eigenvalue weighted by Crippen LogP contribution is -2.39. The van der Waals surface area contributed by atoms with Gasteiger partial charge in [0.05, 0.1) is 0 Å². The van der Waals surface area contributed by atoms with Crippen LogP contribution in [-0.2, 0) is 4.74 Å². The number of amides is 1. The van der Waals surface area contributed by atoms with Crippen LogP contribution in [0, 0.1) is 5.92 Å². The zero-order chi connectivity index (χ0) is 14.5. The molecule has 4 nitrogen and oxygen atoms in total. The second-order valence-corrected chi connectivity index (χ2v) is 6.77. The number of rotatable bonds is 5. The third kappa shape index (κ3) is 6.81. The van der Waals surface area contributed by atoms with Crippen LogP contribution in [0.1, 0.15) is 60.3 Å². The van der Waals surface area contributed by atoms with Crippen LogP contribution in [0.4, 0.5) is 4.79 Å². The van der Waals surface area contributed by atoms with Crippen LogP contribution >= 0.6 is 0 Å². The fourth-order valence-electron chi connectivity index (χ4n) is 2.28. The quantitative estimate of drug-likeness (QED) is 0.807. The first-order chi connectivity index (χ1) is 8.80. The summed E-state index contributed by atoms with van der Waals surface area (Å²) in [7, 11) is 0. The zero-order valence-electron chi connectivity index (χ0n) is 13.1. The van der Waals surface area contributed by atoms with Crippen molar-refractivity contribution in [3.8, 4) is 0 Å². The smallest absolute Gasteiger partial charge is 0.407 e. The van der Waals surface area contributed by atoms with Crippen LogP contribution in [0.15, 0.2) is 0 Å². The molecule has 0 aromatic heterocycles. The summed E-state index contributed by atoms with van der Waals surface area (Å²) in [5, 5.41) is 6.56. The maximum atomic E-state index is 11.7. The van der Waals surface area contributed by atoms with Crippen molar-refractivity contribution in [2.24, 2.45) is 5.92 Å². The summed E-state index contributed by atoms with van der Waals surface area (Å²) in [5.41, 5.74) is -0.420. The van der Waals surface area contributed by atoms with Gasteiger partial charge in [0.15, 0.2) is 0 Å². The molecule has 0 heterocycles. The maximum absolute atomic E-state index is 11.7. The van der Waals surface area contributed by atoms with E-state index in [0.717, 1.165) is 31.7 Å². The first-order valence-corrected chi connectivity index (χ1v) is 7.53. The number of carbonyl (C=O) groups excluding carboxylic acids is 1. The average Bonchev–Trinajstić information content (AvgIpc) is 2.70. The molecule has 0 spiro atoms. The summed E-state index contributed by atoms with van der Waals surface area (Å²) >= 11 is 0. The van der Waals surface area contributed by atoms with Gasteiger partial charge in [0.1, 0.15) is 5.60 Å². The Labute approximate surface area is 117 Å². The summed E-state index contributed by atoms with van der Waals surface area (Å²) in [6.45, 7) is 11.2. The van der Waals surface area contributed by atoms with Gasteiger partial charge in [-0.2, -0.15) is 0 Å². The molecule has 0 aromatic carbocycles. The van der Waals surface area contributed by atoms with E-state index in [-0.39, 0.29) is 12.1 Å². The van der Waals surface area contributed by atoms with Crippen molar-refractivity contribution in [2.75, 3.05) is 6.54 Å². The van der Waals surface area contributed by atoms with Gasteiger partial charge in [-0.15, -0.1) is 0 Å². The molecular weight excluding hydrogens is 240 g/mol. The van der Waals surface area contributed by atoms with E-state index in [0.29, 0.717) is 6.04 Å². The zero-order valence-corrected chi connectivity index (χ0v) is 13.1. The largest absolute Gasteiger partial charge is 0.444 e. The minimum atomic E-state index is -0.420. The van der Waals surface area contributed by atoms with Gasteiger partial charge in [0.2, 0.25) is 0 Å². The molecule has 112 valence electrons. The molecule has 1 aliphatic carbocycles. The van der Waals surface area contributed by atoms with Gasteiger partial charge in [-0.1, -0.05) is 20.3 Å². The van der Waals surface area contributed by atoms with E-state index >= 15 is 0 Å². The highest BCUT2D eigenvalue weighted by molar-refractivity contribution is 5.68. The van der Waals surface area contributed by atoms with Gasteiger partial charge >= 0.3 is 6.09 Å². The number of hydrogen-bond donors (Lipinski definition) is 2. The molecule has 1 aliphatic rings. The maximum Gasteiger partial charge on any atom is 0.407 e. The molecule has 1 amide bonds. The van der Waals surface area contributed by atoms with Gasteiger partial charge in [0, 0.05) is 12.1 Å². The Morgan fingerprint density at radius 2 is 1.95 bits per heavy atom. The van der Waals surface area contributed by atoms with Gasteiger partial charge < -0.3 is 15.4 Å². The molecule has 4 heteroatoms. The highest BCUT2D eigenvalue weighted by Crippen LogP contribution is 2.20. The third-order valence-electron chi connectivity index (χ3n) is 3.61. The lowest BCUT2D eigenvalue weighted by atomic mass is 10.1. The van der Waals surface area contributed by atoms with E-state index in [9.17, 15) is 4.79 Å². The van der Waals surface area contributed by atoms with E-state index in [4.69, 9.17) is 4.74 Å². The lowest BCUT2D eigenvalue weighted by Gasteiger charge is -2.22. The highest BCUT2D eigenvalue weighted by Gasteiger charge is 2.27. The van der Waals surface area contributed by atoms with E-state index in [1.165, 1.54) is 6.42 Å². The summed E-state index contributed by atoms with van der Waals surface area (Å²) in [5.74, 6) is 0.720. The average molecular weight is 270 g/mol. The Morgan fingerprint density at radius 1 is 1.32 bits per heavy atom. The summed E-state index contributed by atoms with van der Waals surface area (Å²) in [4.78, 5) is 11.7. The molecule has 1 fully saturated rings. The Kier molecular flexibility index (Phi) is 6.11. The molecule has 0 bridgehead atoms. The minimum absolute atomic E-state index is 0.254. The highest BCUT2D eigenvalue weighted by atomic mass is 16.6. The molecule has 1 saturated carbocycles. The fraction of sp³-hybridized carbons (Fsp3) is 0.933. The number of hydrogen-bond acceptors (Lipinski definition) is 3. The SMILES string of the molecule is CCC(C)CNC1CCC(NC(=O)OC(C)(C)C)C1. The predicted molar refractivity (Wildman–Crippen MR) is 78.3 cm³/mol. The molecule has 1 rings (SSSR count). The Morgan fingerprint density at radius 3 is 2.53 bits per heavy atom. The summed E-state index contributed by atoms with van der Waals surface area (Å²) in [6, 6.07) is 0.790. The van der Waals surface area contributed by atoms with Gasteiger partial charge in [-0.3, -0.25) is 0 Å². The third-order valence-corrected chi connectivity index (χ3v) is 3.61. The van der Waals surface area contributed by atoms with E-state index in [1.54, 1.807) is 0 Å². The second-order valence-electron chi connectivity index (χ2n) is 6.77. The molecule has 3 atom stereocenters. The molecular formula is C15H30N2O2. The molecule has 0 radical (unpaired) electrons. The van der Waals surface area contributed by atoms with Crippen LogP contribution in [-0.4, -0.2) is 30.3 Å². The van der Waals surface area contributed by atoms with Crippen molar-refractivity contribution in [1.82, 2.24) is 10.6 Å². The first-order valence-electron chi connectivity index (χ1n) is 7.53. The number of nitrogens with one attached hydrogen (secondary N) is 2. The van der Waals surface area contributed by atoms with E-state index in [2.05, 4.69) is 24.5 Å². The van der Waals surface area contributed by atoms with Crippen molar-refractivity contribution >= 4 is 6.09 Å². The molecule has 3 unspecified atom stereocenters. The van der Waals surface area contributed by atoms with E-state index < -0.39 is 5.60 Å². The number of alkyl carbamates (subject to hydrolysis) is 1. The van der Waals surface area contributed by atoms with Gasteiger partial charge in [0.25, 0.3) is 0 Å². The summed E-state index contributed by atoms with van der Waals surface area (Å²) in [6.07, 6.45) is 4.10. The Hall–Kier alpha value is -0.770. The molecule has 0 aliphatic heterocycles. The second kappa shape index (κ2) is 7.13. The molecule has 2 N–H and O–H groups in total. The van der Waals surface area contributed by atoms with Crippen molar-refractivity contribution < 1.29 is 9.53 Å². The van der Waals surface area contributed by atoms with E-state index in [1.807, 2.05) is 20.8 Å². The molecule has 19 heavy (non-hydrogen) atoms. The van der Waals surface area contributed by atoms with Gasteiger partial charge in [-0.25, -0.2) is 4.79 Å². The number of carbonyl (C=O) groups is 1. The lowest BCUT2D eigenvalue weighted by molar-refractivity contribution is 0.0505. The first kappa shape index (κ1) is 16.3. The van der Waals surface area contributed by atoms with Crippen molar-refractivity contribution in [3.05, 3.63) is 0 Å². The van der Waals surface area contributed by atoms with Crippen molar-refractivity contribution in [2.45, 2.75) is 78.0 Å².